The zero-order chi connectivity index (χ0) is 18.4. The lowest BCUT2D eigenvalue weighted by atomic mass is 10.1. The zero-order valence-corrected chi connectivity index (χ0v) is 15.2. The Hall–Kier alpha value is -2.82. The lowest BCUT2D eigenvalue weighted by molar-refractivity contribution is -0.116. The SMILES string of the molecule is CC(C)CC(=O)Nc1ccc(NC(=O)c2cccc(N(C)C)c2)cc1. The second kappa shape index (κ2) is 8.33. The molecule has 0 atom stereocenters. The van der Waals surface area contributed by atoms with E-state index in [2.05, 4.69) is 10.6 Å². The average Bonchev–Trinajstić information content (AvgIpc) is 2.56. The molecule has 0 spiro atoms. The number of carbonyl (C=O) groups is 2. The second-order valence-corrected chi connectivity index (χ2v) is 6.62. The zero-order valence-electron chi connectivity index (χ0n) is 15.2. The Kier molecular flexibility index (Phi) is 6.17. The molecule has 0 saturated heterocycles. The minimum absolute atomic E-state index is 0.00714. The normalized spacial score (nSPS) is 10.4. The van der Waals surface area contributed by atoms with Crippen molar-refractivity contribution in [2.24, 2.45) is 5.92 Å². The van der Waals surface area contributed by atoms with Crippen LogP contribution in [0.4, 0.5) is 17.1 Å². The van der Waals surface area contributed by atoms with Crippen LogP contribution in [0.15, 0.2) is 48.5 Å². The van der Waals surface area contributed by atoms with Crippen LogP contribution in [0, 0.1) is 5.92 Å². The lowest BCUT2D eigenvalue weighted by Crippen LogP contribution is -2.15. The fourth-order valence-electron chi connectivity index (χ4n) is 2.35. The first-order valence-electron chi connectivity index (χ1n) is 8.34. The molecule has 2 amide bonds. The maximum Gasteiger partial charge on any atom is 0.255 e. The van der Waals surface area contributed by atoms with Gasteiger partial charge in [-0.2, -0.15) is 0 Å². The molecule has 132 valence electrons. The fraction of sp³-hybridized carbons (Fsp3) is 0.300. The molecule has 0 heterocycles. The van der Waals surface area contributed by atoms with Gasteiger partial charge < -0.3 is 15.5 Å². The molecule has 0 radical (unpaired) electrons. The Morgan fingerprint density at radius 3 is 2.12 bits per heavy atom. The van der Waals surface area contributed by atoms with Crippen molar-refractivity contribution < 1.29 is 9.59 Å². The molecular formula is C20H25N3O2. The number of carbonyl (C=O) groups excluding carboxylic acids is 2. The van der Waals surface area contributed by atoms with Crippen molar-refractivity contribution in [3.8, 4) is 0 Å². The molecule has 0 aliphatic rings. The molecule has 5 nitrogen and oxygen atoms in total. The Balaban J connectivity index is 2.00. The van der Waals surface area contributed by atoms with Gasteiger partial charge in [0.1, 0.15) is 0 Å². The minimum atomic E-state index is -0.166. The molecule has 0 aliphatic heterocycles. The predicted octanol–water partition coefficient (Wildman–Crippen LogP) is 3.99. The summed E-state index contributed by atoms with van der Waals surface area (Å²) in [6.07, 6.45) is 0.487. The highest BCUT2D eigenvalue weighted by molar-refractivity contribution is 6.05. The summed E-state index contributed by atoms with van der Waals surface area (Å²) in [6.45, 7) is 4.01. The van der Waals surface area contributed by atoms with Crippen molar-refractivity contribution in [3.63, 3.8) is 0 Å². The molecule has 2 rings (SSSR count). The molecule has 25 heavy (non-hydrogen) atoms. The molecule has 0 unspecified atom stereocenters. The van der Waals surface area contributed by atoms with Crippen LogP contribution >= 0.6 is 0 Å². The van der Waals surface area contributed by atoms with E-state index in [1.807, 2.05) is 51.0 Å². The first kappa shape index (κ1) is 18.5. The number of rotatable bonds is 6. The van der Waals surface area contributed by atoms with Crippen molar-refractivity contribution in [3.05, 3.63) is 54.1 Å². The number of benzene rings is 2. The van der Waals surface area contributed by atoms with E-state index >= 15 is 0 Å². The highest BCUT2D eigenvalue weighted by Gasteiger charge is 2.09. The highest BCUT2D eigenvalue weighted by atomic mass is 16.2. The molecular weight excluding hydrogens is 314 g/mol. The highest BCUT2D eigenvalue weighted by Crippen LogP contribution is 2.17. The summed E-state index contributed by atoms with van der Waals surface area (Å²) in [6, 6.07) is 14.5. The van der Waals surface area contributed by atoms with E-state index in [1.54, 1.807) is 30.3 Å². The summed E-state index contributed by atoms with van der Waals surface area (Å²) < 4.78 is 0. The van der Waals surface area contributed by atoms with Crippen molar-refractivity contribution in [1.29, 1.82) is 0 Å². The molecule has 0 fully saturated rings. The topological polar surface area (TPSA) is 61.4 Å². The van der Waals surface area contributed by atoms with Crippen LogP contribution in [0.3, 0.4) is 0 Å². The van der Waals surface area contributed by atoms with Crippen LogP contribution < -0.4 is 15.5 Å². The molecule has 2 N–H and O–H groups in total. The lowest BCUT2D eigenvalue weighted by Gasteiger charge is -2.13. The monoisotopic (exact) mass is 339 g/mol. The van der Waals surface area contributed by atoms with Gasteiger partial charge in [-0.25, -0.2) is 0 Å². The van der Waals surface area contributed by atoms with E-state index in [0.29, 0.717) is 23.6 Å². The van der Waals surface area contributed by atoms with Gasteiger partial charge in [0.2, 0.25) is 5.91 Å². The summed E-state index contributed by atoms with van der Waals surface area (Å²) in [7, 11) is 3.87. The van der Waals surface area contributed by atoms with Gasteiger partial charge in [-0.1, -0.05) is 19.9 Å². The van der Waals surface area contributed by atoms with Crippen LogP contribution in [0.2, 0.25) is 0 Å². The molecule has 0 aliphatic carbocycles. The first-order chi connectivity index (χ1) is 11.8. The maximum absolute atomic E-state index is 12.4. The quantitative estimate of drug-likeness (QED) is 0.836. The molecule has 2 aromatic rings. The van der Waals surface area contributed by atoms with E-state index in [0.717, 1.165) is 11.4 Å². The summed E-state index contributed by atoms with van der Waals surface area (Å²) in [5.74, 6) is 0.143. The van der Waals surface area contributed by atoms with Gasteiger partial charge in [-0.05, 0) is 48.4 Å². The van der Waals surface area contributed by atoms with Crippen molar-refractivity contribution in [1.82, 2.24) is 0 Å². The van der Waals surface area contributed by atoms with Gasteiger partial charge in [0.05, 0.1) is 0 Å². The maximum atomic E-state index is 12.4. The first-order valence-corrected chi connectivity index (χ1v) is 8.34. The average molecular weight is 339 g/mol. The third-order valence-corrected chi connectivity index (χ3v) is 3.64. The number of hydrogen-bond donors (Lipinski definition) is 2. The summed E-state index contributed by atoms with van der Waals surface area (Å²) in [5.41, 5.74) is 2.97. The number of anilines is 3. The van der Waals surface area contributed by atoms with Gasteiger partial charge in [0, 0.05) is 43.1 Å². The van der Waals surface area contributed by atoms with Gasteiger partial charge >= 0.3 is 0 Å². The van der Waals surface area contributed by atoms with Crippen LogP contribution in [0.25, 0.3) is 0 Å². The van der Waals surface area contributed by atoms with E-state index in [9.17, 15) is 9.59 Å². The van der Waals surface area contributed by atoms with Crippen molar-refractivity contribution in [2.75, 3.05) is 29.6 Å². The number of nitrogens with one attached hydrogen (secondary N) is 2. The number of hydrogen-bond acceptors (Lipinski definition) is 3. The van der Waals surface area contributed by atoms with Gasteiger partial charge in [0.15, 0.2) is 0 Å². The standard InChI is InChI=1S/C20H25N3O2/c1-14(2)12-19(24)21-16-8-10-17(11-9-16)22-20(25)15-6-5-7-18(13-15)23(3)4/h5-11,13-14H,12H2,1-4H3,(H,21,24)(H,22,25). The molecule has 5 heteroatoms. The minimum Gasteiger partial charge on any atom is -0.378 e. The third kappa shape index (κ3) is 5.64. The summed E-state index contributed by atoms with van der Waals surface area (Å²) in [4.78, 5) is 26.1. The molecule has 0 bridgehead atoms. The summed E-state index contributed by atoms with van der Waals surface area (Å²) >= 11 is 0. The van der Waals surface area contributed by atoms with Crippen LogP contribution in [0.1, 0.15) is 30.6 Å². The Morgan fingerprint density at radius 2 is 1.56 bits per heavy atom. The van der Waals surface area contributed by atoms with Gasteiger partial charge in [-0.15, -0.1) is 0 Å². The van der Waals surface area contributed by atoms with Crippen LogP contribution in [-0.2, 0) is 4.79 Å². The van der Waals surface area contributed by atoms with E-state index < -0.39 is 0 Å². The van der Waals surface area contributed by atoms with E-state index in [4.69, 9.17) is 0 Å². The predicted molar refractivity (Wildman–Crippen MR) is 103 cm³/mol. The summed E-state index contributed by atoms with van der Waals surface area (Å²) in [5, 5.41) is 5.72. The molecule has 0 aromatic heterocycles. The number of nitrogens with zero attached hydrogens (tertiary/aromatic N) is 1. The van der Waals surface area contributed by atoms with Crippen molar-refractivity contribution >= 4 is 28.9 Å². The van der Waals surface area contributed by atoms with Crippen molar-refractivity contribution in [2.45, 2.75) is 20.3 Å². The Bertz CT molecular complexity index is 737. The third-order valence-electron chi connectivity index (χ3n) is 3.64. The van der Waals surface area contributed by atoms with Gasteiger partial charge in [0.25, 0.3) is 5.91 Å². The smallest absolute Gasteiger partial charge is 0.255 e. The van der Waals surface area contributed by atoms with Crippen LogP contribution in [0.5, 0.6) is 0 Å². The Morgan fingerprint density at radius 1 is 0.960 bits per heavy atom. The second-order valence-electron chi connectivity index (χ2n) is 6.62. The van der Waals surface area contributed by atoms with E-state index in [-0.39, 0.29) is 11.8 Å². The van der Waals surface area contributed by atoms with Gasteiger partial charge in [-0.3, -0.25) is 9.59 Å². The van der Waals surface area contributed by atoms with E-state index in [1.165, 1.54) is 0 Å². The molecule has 2 aromatic carbocycles. The largest absolute Gasteiger partial charge is 0.378 e. The number of amides is 2. The van der Waals surface area contributed by atoms with Crippen LogP contribution in [-0.4, -0.2) is 25.9 Å². The fourth-order valence-corrected chi connectivity index (χ4v) is 2.35. The Labute approximate surface area is 149 Å². The molecule has 0 saturated carbocycles.